The molecule has 1 aliphatic rings. The first-order chi connectivity index (χ1) is 16.5. The van der Waals surface area contributed by atoms with Crippen molar-refractivity contribution in [2.24, 2.45) is 0 Å². The molecule has 1 N–H and O–H groups in total. The van der Waals surface area contributed by atoms with Crippen LogP contribution in [-0.2, 0) is 4.74 Å². The fraction of sp³-hybridized carbons (Fsp3) is 0.250. The topological polar surface area (TPSA) is 106 Å². The van der Waals surface area contributed by atoms with Gasteiger partial charge in [0.15, 0.2) is 0 Å². The minimum Gasteiger partial charge on any atom is -0.486 e. The van der Waals surface area contributed by atoms with Gasteiger partial charge < -0.3 is 14.2 Å². The number of ether oxygens (including phenoxy) is 3. The van der Waals surface area contributed by atoms with Gasteiger partial charge in [-0.25, -0.2) is 4.98 Å². The van der Waals surface area contributed by atoms with Gasteiger partial charge in [-0.3, -0.25) is 10.1 Å². The summed E-state index contributed by atoms with van der Waals surface area (Å²) in [6.45, 7) is 3.01. The van der Waals surface area contributed by atoms with Crippen LogP contribution in [0.5, 0.6) is 11.6 Å². The van der Waals surface area contributed by atoms with E-state index in [1.807, 2.05) is 25.1 Å². The molecule has 10 heteroatoms. The van der Waals surface area contributed by atoms with E-state index in [2.05, 4.69) is 26.2 Å². The van der Waals surface area contributed by atoms with Crippen LogP contribution < -0.4 is 9.47 Å². The SMILES string of the molecule is C[C@@H](Oc1ccc2[nH]nc(-c3cnc(O[C@@H]4CCOC4)c(C#N)c3)c2c1)c1c(Cl)cncc1Cl. The highest BCUT2D eigenvalue weighted by Crippen LogP contribution is 2.35. The predicted molar refractivity (Wildman–Crippen MR) is 127 cm³/mol. The van der Waals surface area contributed by atoms with Crippen LogP contribution >= 0.6 is 23.2 Å². The Kier molecular flexibility index (Phi) is 6.24. The maximum Gasteiger partial charge on any atom is 0.232 e. The molecule has 3 aromatic heterocycles. The minimum absolute atomic E-state index is 0.0965. The Morgan fingerprint density at radius 3 is 2.76 bits per heavy atom. The summed E-state index contributed by atoms with van der Waals surface area (Å²) in [5.41, 5.74) is 3.15. The van der Waals surface area contributed by atoms with Crippen molar-refractivity contribution >= 4 is 34.1 Å². The molecule has 172 valence electrons. The number of fused-ring (bicyclic) bond motifs is 1. The molecule has 5 rings (SSSR count). The highest BCUT2D eigenvalue weighted by Gasteiger charge is 2.21. The summed E-state index contributed by atoms with van der Waals surface area (Å²) in [5.74, 6) is 0.909. The van der Waals surface area contributed by atoms with Gasteiger partial charge in [0.05, 0.1) is 28.8 Å². The number of hydrogen-bond donors (Lipinski definition) is 1. The van der Waals surface area contributed by atoms with E-state index in [0.717, 1.165) is 17.3 Å². The van der Waals surface area contributed by atoms with Crippen LogP contribution in [0.1, 0.15) is 30.6 Å². The number of rotatable bonds is 6. The van der Waals surface area contributed by atoms with Crippen LogP contribution in [0.25, 0.3) is 22.2 Å². The quantitative estimate of drug-likeness (QED) is 0.375. The van der Waals surface area contributed by atoms with E-state index in [-0.39, 0.29) is 6.10 Å². The highest BCUT2D eigenvalue weighted by molar-refractivity contribution is 6.35. The molecular formula is C24H19Cl2N5O3. The van der Waals surface area contributed by atoms with E-state index in [0.29, 0.717) is 57.3 Å². The maximum absolute atomic E-state index is 9.65. The van der Waals surface area contributed by atoms with Crippen molar-refractivity contribution in [1.82, 2.24) is 20.2 Å². The lowest BCUT2D eigenvalue weighted by Gasteiger charge is -2.17. The summed E-state index contributed by atoms with van der Waals surface area (Å²) >= 11 is 12.6. The van der Waals surface area contributed by atoms with Crippen molar-refractivity contribution in [3.8, 4) is 29.0 Å². The Hall–Kier alpha value is -3.38. The lowest BCUT2D eigenvalue weighted by molar-refractivity contribution is 0.138. The van der Waals surface area contributed by atoms with Crippen molar-refractivity contribution in [1.29, 1.82) is 5.26 Å². The van der Waals surface area contributed by atoms with E-state index in [9.17, 15) is 5.26 Å². The van der Waals surface area contributed by atoms with Crippen LogP contribution in [0.2, 0.25) is 10.0 Å². The maximum atomic E-state index is 9.65. The van der Waals surface area contributed by atoms with Crippen LogP contribution in [0.4, 0.5) is 0 Å². The second kappa shape index (κ2) is 9.47. The fourth-order valence-electron chi connectivity index (χ4n) is 3.88. The third-order valence-corrected chi connectivity index (χ3v) is 6.16. The second-order valence-electron chi connectivity index (χ2n) is 7.85. The van der Waals surface area contributed by atoms with E-state index in [4.69, 9.17) is 37.4 Å². The largest absolute Gasteiger partial charge is 0.486 e. The van der Waals surface area contributed by atoms with E-state index in [1.54, 1.807) is 12.3 Å². The standard InChI is InChI=1S/C24H19Cl2N5O3/c1-13(22-19(25)10-28-11-20(22)26)33-16-2-3-21-18(7-16)23(31-30-21)15-6-14(8-27)24(29-9-15)34-17-4-5-32-12-17/h2-3,6-7,9-11,13,17H,4-5,12H2,1H3,(H,30,31)/t13-,17-/m1/s1. The summed E-state index contributed by atoms with van der Waals surface area (Å²) < 4.78 is 17.3. The van der Waals surface area contributed by atoms with E-state index >= 15 is 0 Å². The van der Waals surface area contributed by atoms with Crippen LogP contribution in [-0.4, -0.2) is 39.5 Å². The molecule has 1 saturated heterocycles. The lowest BCUT2D eigenvalue weighted by atomic mass is 10.1. The van der Waals surface area contributed by atoms with Gasteiger partial charge >= 0.3 is 0 Å². The summed E-state index contributed by atoms with van der Waals surface area (Å²) in [6.07, 6.45) is 4.99. The smallest absolute Gasteiger partial charge is 0.232 e. The number of benzene rings is 1. The molecular weight excluding hydrogens is 477 g/mol. The average Bonchev–Trinajstić information content (AvgIpc) is 3.49. The zero-order chi connectivity index (χ0) is 23.7. The molecule has 34 heavy (non-hydrogen) atoms. The number of pyridine rings is 2. The Morgan fingerprint density at radius 1 is 1.21 bits per heavy atom. The molecule has 1 aromatic carbocycles. The Bertz CT molecular complexity index is 1380. The van der Waals surface area contributed by atoms with Crippen LogP contribution in [0, 0.1) is 11.3 Å². The highest BCUT2D eigenvalue weighted by atomic mass is 35.5. The molecule has 0 unspecified atom stereocenters. The number of H-pyrrole nitrogens is 1. The summed E-state index contributed by atoms with van der Waals surface area (Å²) in [5, 5.41) is 18.8. The third-order valence-electron chi connectivity index (χ3n) is 5.56. The fourth-order valence-corrected chi connectivity index (χ4v) is 4.55. The molecule has 0 spiro atoms. The number of nitriles is 1. The van der Waals surface area contributed by atoms with Gasteiger partial charge in [-0.05, 0) is 31.2 Å². The minimum atomic E-state index is -0.404. The molecule has 0 saturated carbocycles. The predicted octanol–water partition coefficient (Wildman–Crippen LogP) is 5.51. The zero-order valence-corrected chi connectivity index (χ0v) is 19.6. The number of halogens is 2. The summed E-state index contributed by atoms with van der Waals surface area (Å²) in [4.78, 5) is 8.37. The van der Waals surface area contributed by atoms with Gasteiger partial charge in [0.2, 0.25) is 5.88 Å². The molecule has 0 radical (unpaired) electrons. The van der Waals surface area contributed by atoms with Gasteiger partial charge in [-0.2, -0.15) is 10.4 Å². The van der Waals surface area contributed by atoms with Crippen LogP contribution in [0.15, 0.2) is 42.9 Å². The third kappa shape index (κ3) is 4.38. The molecule has 4 aromatic rings. The van der Waals surface area contributed by atoms with Gasteiger partial charge in [0.25, 0.3) is 0 Å². The molecule has 1 fully saturated rings. The second-order valence-corrected chi connectivity index (χ2v) is 8.66. The van der Waals surface area contributed by atoms with E-state index < -0.39 is 6.10 Å². The van der Waals surface area contributed by atoms with Crippen molar-refractivity contribution in [2.75, 3.05) is 13.2 Å². The monoisotopic (exact) mass is 495 g/mol. The first-order valence-electron chi connectivity index (χ1n) is 10.6. The van der Waals surface area contributed by atoms with Crippen molar-refractivity contribution in [3.63, 3.8) is 0 Å². The van der Waals surface area contributed by atoms with Gasteiger partial charge in [0, 0.05) is 41.5 Å². The van der Waals surface area contributed by atoms with Crippen LogP contribution in [0.3, 0.4) is 0 Å². The first-order valence-corrected chi connectivity index (χ1v) is 11.4. The molecule has 4 heterocycles. The first kappa shape index (κ1) is 22.4. The molecule has 0 aliphatic carbocycles. The normalized spacial score (nSPS) is 16.4. The number of aromatic amines is 1. The number of nitrogens with zero attached hydrogens (tertiary/aromatic N) is 4. The Balaban J connectivity index is 1.45. The molecule has 0 amide bonds. The van der Waals surface area contributed by atoms with Crippen molar-refractivity contribution in [3.05, 3.63) is 64.0 Å². The number of nitrogens with one attached hydrogen (secondary N) is 1. The molecule has 2 atom stereocenters. The van der Waals surface area contributed by atoms with Crippen molar-refractivity contribution in [2.45, 2.75) is 25.6 Å². The van der Waals surface area contributed by atoms with Gasteiger partial charge in [0.1, 0.15) is 35.3 Å². The number of aromatic nitrogens is 4. The Morgan fingerprint density at radius 2 is 2.03 bits per heavy atom. The van der Waals surface area contributed by atoms with Crippen molar-refractivity contribution < 1.29 is 14.2 Å². The molecule has 8 nitrogen and oxygen atoms in total. The number of hydrogen-bond acceptors (Lipinski definition) is 7. The van der Waals surface area contributed by atoms with Gasteiger partial charge in [-0.15, -0.1) is 0 Å². The average molecular weight is 496 g/mol. The Labute approximate surface area is 205 Å². The molecule has 0 bridgehead atoms. The molecule has 1 aliphatic heterocycles. The van der Waals surface area contributed by atoms with E-state index in [1.165, 1.54) is 12.4 Å². The van der Waals surface area contributed by atoms with Gasteiger partial charge in [-0.1, -0.05) is 23.2 Å². The summed E-state index contributed by atoms with van der Waals surface area (Å²) in [7, 11) is 0. The summed E-state index contributed by atoms with van der Waals surface area (Å²) in [6, 6.07) is 9.47. The lowest BCUT2D eigenvalue weighted by Crippen LogP contribution is -2.17. The zero-order valence-electron chi connectivity index (χ0n) is 18.1.